The molecule has 1 unspecified atom stereocenters. The van der Waals surface area contributed by atoms with Crippen molar-refractivity contribution in [2.75, 3.05) is 21.3 Å². The number of nitrogens with one attached hydrogen (secondary N) is 1. The highest BCUT2D eigenvalue weighted by Crippen LogP contribution is 2.42. The number of carbonyl (C=O) groups is 2. The third kappa shape index (κ3) is 4.40. The van der Waals surface area contributed by atoms with Crippen molar-refractivity contribution in [2.45, 2.75) is 63.7 Å². The molecule has 1 saturated carbocycles. The fourth-order valence-corrected chi connectivity index (χ4v) is 5.71. The maximum Gasteiger partial charge on any atom is 0.271 e. The number of aromatic nitrogens is 1. The van der Waals surface area contributed by atoms with Crippen molar-refractivity contribution >= 4 is 11.8 Å². The lowest BCUT2D eigenvalue weighted by atomic mass is 9.91. The minimum atomic E-state index is -1.17. The maximum absolute atomic E-state index is 14.1. The monoisotopic (exact) mass is 521 g/mol. The van der Waals surface area contributed by atoms with Crippen LogP contribution in [0.3, 0.4) is 0 Å². The lowest BCUT2D eigenvalue weighted by molar-refractivity contribution is -0.134. The molecule has 2 aliphatic rings. The number of benzene rings is 1. The number of rotatable bonds is 8. The Morgan fingerprint density at radius 3 is 2.39 bits per heavy atom. The smallest absolute Gasteiger partial charge is 0.271 e. The number of nitrogens with zero attached hydrogens (tertiary/aromatic N) is 2. The topological polar surface area (TPSA) is 95.2 Å². The molecule has 1 atom stereocenters. The van der Waals surface area contributed by atoms with Crippen LogP contribution >= 0.6 is 0 Å². The number of hydrogen-bond donors (Lipinski definition) is 1. The molecule has 9 nitrogen and oxygen atoms in total. The zero-order valence-corrected chi connectivity index (χ0v) is 22.4. The summed E-state index contributed by atoms with van der Waals surface area (Å²) in [5, 5.41) is 3.27. The van der Waals surface area contributed by atoms with Gasteiger partial charge in [0.25, 0.3) is 5.91 Å². The third-order valence-corrected chi connectivity index (χ3v) is 7.82. The van der Waals surface area contributed by atoms with E-state index in [4.69, 9.17) is 18.6 Å². The van der Waals surface area contributed by atoms with Gasteiger partial charge in [0.05, 0.1) is 46.4 Å². The lowest BCUT2D eigenvalue weighted by Gasteiger charge is -2.45. The molecule has 2 aromatic heterocycles. The number of fused-ring (bicyclic) bond motifs is 1. The summed E-state index contributed by atoms with van der Waals surface area (Å²) in [4.78, 5) is 29.8. The van der Waals surface area contributed by atoms with Crippen molar-refractivity contribution in [2.24, 2.45) is 0 Å². The van der Waals surface area contributed by atoms with Gasteiger partial charge in [0.2, 0.25) is 11.7 Å². The standard InChI is InChI=1S/C29H35N3O6/c1-29(28(34)30-20-9-6-5-7-10-20)18-31-21(23-11-8-16-38-23)13-14-22(31)27(33)32(29)17-19-12-15-24(35-2)26(37-4)25(19)36-3/h8,11-16,20H,5-7,9-10,17-18H2,1-4H3,(H,30,34). The highest BCUT2D eigenvalue weighted by Gasteiger charge is 2.48. The van der Waals surface area contributed by atoms with Gasteiger partial charge in [-0.3, -0.25) is 9.59 Å². The largest absolute Gasteiger partial charge is 0.493 e. The third-order valence-electron chi connectivity index (χ3n) is 7.82. The average molecular weight is 522 g/mol. The Labute approximate surface area is 222 Å². The minimum Gasteiger partial charge on any atom is -0.493 e. The number of hydrogen-bond acceptors (Lipinski definition) is 6. The van der Waals surface area contributed by atoms with E-state index in [1.165, 1.54) is 6.42 Å². The maximum atomic E-state index is 14.1. The molecular weight excluding hydrogens is 486 g/mol. The van der Waals surface area contributed by atoms with Crippen LogP contribution in [0.25, 0.3) is 11.5 Å². The van der Waals surface area contributed by atoms with Gasteiger partial charge in [0.1, 0.15) is 17.0 Å². The Morgan fingerprint density at radius 1 is 1.00 bits per heavy atom. The van der Waals surface area contributed by atoms with Gasteiger partial charge in [-0.1, -0.05) is 19.3 Å². The Hall–Kier alpha value is -3.88. The molecule has 202 valence electrons. The van der Waals surface area contributed by atoms with Gasteiger partial charge in [-0.2, -0.15) is 0 Å². The summed E-state index contributed by atoms with van der Waals surface area (Å²) in [6.07, 6.45) is 6.88. The van der Waals surface area contributed by atoms with Crippen LogP contribution in [0.15, 0.2) is 47.1 Å². The van der Waals surface area contributed by atoms with Gasteiger partial charge in [-0.25, -0.2) is 0 Å². The van der Waals surface area contributed by atoms with Crippen LogP contribution in [-0.2, 0) is 17.9 Å². The summed E-state index contributed by atoms with van der Waals surface area (Å²) in [5.41, 5.74) is 0.804. The quantitative estimate of drug-likeness (QED) is 0.464. The van der Waals surface area contributed by atoms with Crippen molar-refractivity contribution in [3.63, 3.8) is 0 Å². The van der Waals surface area contributed by atoms with E-state index in [2.05, 4.69) is 5.32 Å². The fraction of sp³-hybridized carbons (Fsp3) is 0.448. The van der Waals surface area contributed by atoms with Crippen molar-refractivity contribution in [3.05, 3.63) is 53.9 Å². The second-order valence-electron chi connectivity index (χ2n) is 10.1. The van der Waals surface area contributed by atoms with E-state index in [0.717, 1.165) is 31.4 Å². The van der Waals surface area contributed by atoms with Gasteiger partial charge in [0, 0.05) is 11.6 Å². The van der Waals surface area contributed by atoms with Crippen LogP contribution in [0, 0.1) is 0 Å². The average Bonchev–Trinajstić information content (AvgIpc) is 3.61. The van der Waals surface area contributed by atoms with E-state index in [1.54, 1.807) is 44.6 Å². The molecule has 0 saturated heterocycles. The summed E-state index contributed by atoms with van der Waals surface area (Å²) in [7, 11) is 4.65. The molecule has 38 heavy (non-hydrogen) atoms. The molecule has 0 radical (unpaired) electrons. The first-order valence-electron chi connectivity index (χ1n) is 13.1. The molecule has 3 aromatic rings. The molecule has 2 amide bonds. The normalized spacial score (nSPS) is 19.7. The van der Waals surface area contributed by atoms with Gasteiger partial charge in [-0.05, 0) is 56.2 Å². The molecule has 0 bridgehead atoms. The van der Waals surface area contributed by atoms with E-state index in [9.17, 15) is 9.59 Å². The van der Waals surface area contributed by atoms with E-state index in [1.807, 2.05) is 35.8 Å². The molecule has 0 spiro atoms. The number of carbonyl (C=O) groups excluding carboxylic acids is 2. The highest BCUT2D eigenvalue weighted by atomic mass is 16.5. The first-order chi connectivity index (χ1) is 18.4. The fourth-order valence-electron chi connectivity index (χ4n) is 5.71. The van der Waals surface area contributed by atoms with Crippen LogP contribution in [-0.4, -0.2) is 54.2 Å². The molecule has 1 N–H and O–H groups in total. The molecule has 5 rings (SSSR count). The number of methoxy groups -OCH3 is 3. The predicted octanol–water partition coefficient (Wildman–Crippen LogP) is 4.64. The summed E-state index contributed by atoms with van der Waals surface area (Å²) < 4.78 is 24.2. The van der Waals surface area contributed by atoms with Crippen molar-refractivity contribution in [1.82, 2.24) is 14.8 Å². The predicted molar refractivity (Wildman–Crippen MR) is 142 cm³/mol. The molecule has 9 heteroatoms. The molecule has 1 fully saturated rings. The van der Waals surface area contributed by atoms with Gasteiger partial charge >= 0.3 is 0 Å². The summed E-state index contributed by atoms with van der Waals surface area (Å²) in [6.45, 7) is 2.27. The lowest BCUT2D eigenvalue weighted by Crippen LogP contribution is -2.64. The van der Waals surface area contributed by atoms with Crippen molar-refractivity contribution in [3.8, 4) is 28.7 Å². The number of amides is 2. The van der Waals surface area contributed by atoms with Crippen molar-refractivity contribution < 1.29 is 28.2 Å². The van der Waals surface area contributed by atoms with Crippen LogP contribution < -0.4 is 19.5 Å². The summed E-state index contributed by atoms with van der Waals surface area (Å²) in [6, 6.07) is 11.1. The minimum absolute atomic E-state index is 0.108. The Morgan fingerprint density at radius 2 is 1.74 bits per heavy atom. The molecule has 1 aromatic carbocycles. The Kier molecular flexibility index (Phi) is 7.10. The zero-order valence-electron chi connectivity index (χ0n) is 22.4. The first kappa shape index (κ1) is 25.8. The van der Waals surface area contributed by atoms with Crippen LogP contribution in [0.2, 0.25) is 0 Å². The van der Waals surface area contributed by atoms with Crippen LogP contribution in [0.4, 0.5) is 0 Å². The van der Waals surface area contributed by atoms with E-state index in [0.29, 0.717) is 34.3 Å². The number of furan rings is 1. The number of ether oxygens (including phenoxy) is 3. The first-order valence-corrected chi connectivity index (χ1v) is 13.1. The second-order valence-corrected chi connectivity index (χ2v) is 10.1. The molecule has 3 heterocycles. The second kappa shape index (κ2) is 10.5. The molecular formula is C29H35N3O6. The molecule has 1 aliphatic heterocycles. The van der Waals surface area contributed by atoms with Gasteiger partial charge in [-0.15, -0.1) is 0 Å². The van der Waals surface area contributed by atoms with Gasteiger partial charge in [0.15, 0.2) is 11.5 Å². The van der Waals surface area contributed by atoms with Crippen LogP contribution in [0.5, 0.6) is 17.2 Å². The van der Waals surface area contributed by atoms with Crippen molar-refractivity contribution in [1.29, 1.82) is 0 Å². The Bertz CT molecular complexity index is 1310. The highest BCUT2D eigenvalue weighted by molar-refractivity contribution is 6.00. The zero-order chi connectivity index (χ0) is 26.9. The van der Waals surface area contributed by atoms with E-state index < -0.39 is 5.54 Å². The van der Waals surface area contributed by atoms with E-state index >= 15 is 0 Å². The summed E-state index contributed by atoms with van der Waals surface area (Å²) >= 11 is 0. The SMILES string of the molecule is COc1ccc(CN2C(=O)c3ccc(-c4ccco4)n3CC2(C)C(=O)NC2CCCCC2)c(OC)c1OC. The molecule has 1 aliphatic carbocycles. The van der Waals surface area contributed by atoms with E-state index in [-0.39, 0.29) is 30.9 Å². The van der Waals surface area contributed by atoms with Crippen LogP contribution in [0.1, 0.15) is 55.1 Å². The van der Waals surface area contributed by atoms with Gasteiger partial charge < -0.3 is 33.4 Å². The summed E-state index contributed by atoms with van der Waals surface area (Å²) in [5.74, 6) is 1.66. The Balaban J connectivity index is 1.57.